The maximum absolute atomic E-state index is 5.61. The summed E-state index contributed by atoms with van der Waals surface area (Å²) >= 11 is 3.45. The first-order valence-electron chi connectivity index (χ1n) is 4.17. The second-order valence-corrected chi connectivity index (χ2v) is 4.12. The van der Waals surface area contributed by atoms with E-state index in [-0.39, 0.29) is 0 Å². The molecule has 0 unspecified atom stereocenters. The highest BCUT2D eigenvalue weighted by Crippen LogP contribution is 2.36. The molecule has 0 N–H and O–H groups in total. The molecule has 0 saturated heterocycles. The summed E-state index contributed by atoms with van der Waals surface area (Å²) in [6.45, 7) is 2.74. The molecule has 0 bridgehead atoms. The minimum atomic E-state index is 0.727. The van der Waals surface area contributed by atoms with Crippen LogP contribution in [0.4, 0.5) is 0 Å². The second kappa shape index (κ2) is 5.45. The lowest BCUT2D eigenvalue weighted by atomic mass is 10.3. The Kier molecular flexibility index (Phi) is 4.53. The van der Waals surface area contributed by atoms with Crippen molar-refractivity contribution in [3.63, 3.8) is 0 Å². The van der Waals surface area contributed by atoms with E-state index in [0.29, 0.717) is 0 Å². The Labute approximate surface area is 88.3 Å². The van der Waals surface area contributed by atoms with Crippen LogP contribution < -0.4 is 4.74 Å². The van der Waals surface area contributed by atoms with Gasteiger partial charge >= 0.3 is 0 Å². The van der Waals surface area contributed by atoms with E-state index in [2.05, 4.69) is 30.7 Å². The zero-order chi connectivity index (χ0) is 9.68. The highest BCUT2D eigenvalue weighted by atomic mass is 32.2. The molecule has 0 radical (unpaired) electrons. The molecular weight excluding hydrogens is 200 g/mol. The molecule has 0 atom stereocenters. The van der Waals surface area contributed by atoms with E-state index in [1.165, 1.54) is 9.79 Å². The van der Waals surface area contributed by atoms with Crippen LogP contribution in [0, 0.1) is 0 Å². The topological polar surface area (TPSA) is 9.23 Å². The van der Waals surface area contributed by atoms with Crippen molar-refractivity contribution in [2.75, 3.05) is 19.1 Å². The van der Waals surface area contributed by atoms with Crippen LogP contribution in [0.25, 0.3) is 0 Å². The van der Waals surface area contributed by atoms with Crippen LogP contribution in [0.3, 0.4) is 0 Å². The molecule has 1 aromatic rings. The molecule has 0 spiro atoms. The number of rotatable bonds is 4. The van der Waals surface area contributed by atoms with Gasteiger partial charge in [0.05, 0.1) is 16.4 Å². The van der Waals surface area contributed by atoms with Crippen molar-refractivity contribution in [1.29, 1.82) is 0 Å². The third kappa shape index (κ3) is 2.58. The van der Waals surface area contributed by atoms with Crippen LogP contribution in [-0.4, -0.2) is 19.1 Å². The predicted octanol–water partition coefficient (Wildman–Crippen LogP) is 3.53. The number of para-hydroxylation sites is 1. The van der Waals surface area contributed by atoms with Gasteiger partial charge in [0.2, 0.25) is 0 Å². The van der Waals surface area contributed by atoms with E-state index in [4.69, 9.17) is 4.74 Å². The summed E-state index contributed by atoms with van der Waals surface area (Å²) in [5.74, 6) is 1.03. The Morgan fingerprint density at radius 2 is 1.69 bits per heavy atom. The summed E-state index contributed by atoms with van der Waals surface area (Å²) in [7, 11) is 0. The van der Waals surface area contributed by atoms with Crippen molar-refractivity contribution in [1.82, 2.24) is 0 Å². The van der Waals surface area contributed by atoms with Gasteiger partial charge in [0.1, 0.15) is 5.75 Å². The fourth-order valence-electron chi connectivity index (χ4n) is 1.10. The van der Waals surface area contributed by atoms with Crippen molar-refractivity contribution < 1.29 is 4.74 Å². The first-order valence-corrected chi connectivity index (χ1v) is 6.62. The fraction of sp³-hybridized carbons (Fsp3) is 0.400. The zero-order valence-corrected chi connectivity index (χ0v) is 9.80. The van der Waals surface area contributed by atoms with Gasteiger partial charge in [-0.3, -0.25) is 0 Å². The molecule has 13 heavy (non-hydrogen) atoms. The quantitative estimate of drug-likeness (QED) is 0.710. The van der Waals surface area contributed by atoms with Crippen molar-refractivity contribution in [3.8, 4) is 5.75 Å². The molecule has 0 aromatic heterocycles. The lowest BCUT2D eigenvalue weighted by Crippen LogP contribution is -1.94. The Morgan fingerprint density at radius 3 is 2.08 bits per heavy atom. The van der Waals surface area contributed by atoms with Crippen molar-refractivity contribution in [2.45, 2.75) is 16.7 Å². The molecule has 72 valence electrons. The molecule has 1 rings (SSSR count). The van der Waals surface area contributed by atoms with E-state index < -0.39 is 0 Å². The highest BCUT2D eigenvalue weighted by Gasteiger charge is 2.06. The number of ether oxygens (including phenoxy) is 1. The van der Waals surface area contributed by atoms with E-state index in [9.17, 15) is 0 Å². The average Bonchev–Trinajstić information content (AvgIpc) is 2.18. The lowest BCUT2D eigenvalue weighted by Gasteiger charge is -2.11. The van der Waals surface area contributed by atoms with E-state index in [1.807, 2.05) is 6.92 Å². The van der Waals surface area contributed by atoms with Gasteiger partial charge in [-0.15, -0.1) is 23.5 Å². The molecular formula is C10H14OS2. The number of benzene rings is 1. The van der Waals surface area contributed by atoms with Crippen molar-refractivity contribution >= 4 is 23.5 Å². The molecule has 0 fully saturated rings. The average molecular weight is 214 g/mol. The van der Waals surface area contributed by atoms with E-state index >= 15 is 0 Å². The van der Waals surface area contributed by atoms with Crippen molar-refractivity contribution in [2.24, 2.45) is 0 Å². The first-order chi connectivity index (χ1) is 6.33. The van der Waals surface area contributed by atoms with Gasteiger partial charge in [-0.2, -0.15) is 0 Å². The van der Waals surface area contributed by atoms with E-state index in [1.54, 1.807) is 23.5 Å². The maximum Gasteiger partial charge on any atom is 0.146 e. The number of hydrogen-bond donors (Lipinski definition) is 0. The van der Waals surface area contributed by atoms with Crippen LogP contribution >= 0.6 is 23.5 Å². The Bertz CT molecular complexity index is 251. The number of thioether (sulfide) groups is 2. The van der Waals surface area contributed by atoms with E-state index in [0.717, 1.165) is 12.4 Å². The Hall–Kier alpha value is -0.280. The summed E-state index contributed by atoms with van der Waals surface area (Å²) in [6, 6.07) is 6.25. The van der Waals surface area contributed by atoms with Gasteiger partial charge in [0, 0.05) is 0 Å². The zero-order valence-electron chi connectivity index (χ0n) is 8.16. The van der Waals surface area contributed by atoms with Crippen LogP contribution in [0.2, 0.25) is 0 Å². The van der Waals surface area contributed by atoms with Crippen LogP contribution in [0.1, 0.15) is 6.92 Å². The van der Waals surface area contributed by atoms with Crippen LogP contribution in [-0.2, 0) is 0 Å². The lowest BCUT2D eigenvalue weighted by molar-refractivity contribution is 0.324. The molecule has 1 nitrogen and oxygen atoms in total. The van der Waals surface area contributed by atoms with Gasteiger partial charge in [-0.1, -0.05) is 6.07 Å². The third-order valence-electron chi connectivity index (χ3n) is 1.67. The summed E-state index contributed by atoms with van der Waals surface area (Å²) in [4.78, 5) is 2.43. The molecule has 0 aliphatic rings. The monoisotopic (exact) mass is 214 g/mol. The normalized spacial score (nSPS) is 10.1. The molecule has 3 heteroatoms. The van der Waals surface area contributed by atoms with Gasteiger partial charge in [-0.25, -0.2) is 0 Å². The summed E-state index contributed by atoms with van der Waals surface area (Å²) in [6.07, 6.45) is 4.14. The minimum absolute atomic E-state index is 0.727. The molecule has 0 heterocycles. The van der Waals surface area contributed by atoms with Gasteiger partial charge in [0.15, 0.2) is 0 Å². The predicted molar refractivity (Wildman–Crippen MR) is 61.2 cm³/mol. The van der Waals surface area contributed by atoms with Gasteiger partial charge in [-0.05, 0) is 31.6 Å². The Balaban J connectivity index is 3.05. The molecule has 0 amide bonds. The van der Waals surface area contributed by atoms with Crippen LogP contribution in [0.5, 0.6) is 5.75 Å². The largest absolute Gasteiger partial charge is 0.492 e. The molecule has 1 aromatic carbocycles. The summed E-state index contributed by atoms with van der Waals surface area (Å²) in [5, 5.41) is 0. The SMILES string of the molecule is CCOc1c(SC)cccc1SC. The number of hydrogen-bond acceptors (Lipinski definition) is 3. The van der Waals surface area contributed by atoms with Gasteiger partial charge in [0.25, 0.3) is 0 Å². The fourth-order valence-corrected chi connectivity index (χ4v) is 2.31. The Morgan fingerprint density at radius 1 is 1.15 bits per heavy atom. The molecule has 0 saturated carbocycles. The van der Waals surface area contributed by atoms with Crippen LogP contribution in [0.15, 0.2) is 28.0 Å². The van der Waals surface area contributed by atoms with Crippen molar-refractivity contribution in [3.05, 3.63) is 18.2 Å². The molecule has 0 aliphatic carbocycles. The standard InChI is InChI=1S/C10H14OS2/c1-4-11-10-8(12-2)6-5-7-9(10)13-3/h5-7H,4H2,1-3H3. The second-order valence-electron chi connectivity index (χ2n) is 2.42. The van der Waals surface area contributed by atoms with Gasteiger partial charge < -0.3 is 4.74 Å². The summed E-state index contributed by atoms with van der Waals surface area (Å²) < 4.78 is 5.61. The highest BCUT2D eigenvalue weighted by molar-refractivity contribution is 7.99. The summed E-state index contributed by atoms with van der Waals surface area (Å²) in [5.41, 5.74) is 0. The third-order valence-corrected chi connectivity index (χ3v) is 3.19. The maximum atomic E-state index is 5.61. The first kappa shape index (κ1) is 10.8. The molecule has 0 aliphatic heterocycles. The minimum Gasteiger partial charge on any atom is -0.492 e. The smallest absolute Gasteiger partial charge is 0.146 e.